The van der Waals surface area contributed by atoms with E-state index in [0.717, 1.165) is 44.6 Å². The second-order valence-electron chi connectivity index (χ2n) is 6.01. The van der Waals surface area contributed by atoms with Crippen LogP contribution in [0.3, 0.4) is 0 Å². The van der Waals surface area contributed by atoms with Crippen molar-refractivity contribution in [1.29, 1.82) is 0 Å². The molecule has 0 atom stereocenters. The standard InChI is InChI=1S/C17H28N2O3S/c1-3-4-15-23(20,21)19-13-11-18(12-14-19)10-9-16-5-7-17(22-2)8-6-16/h5-8H,3-4,9-15H2,1-2H3. The van der Waals surface area contributed by atoms with Crippen molar-refractivity contribution in [2.75, 3.05) is 45.6 Å². The SMILES string of the molecule is CCCCS(=O)(=O)N1CCN(CCc2ccc(OC)cc2)CC1. The Morgan fingerprint density at radius 2 is 1.74 bits per heavy atom. The van der Waals surface area contributed by atoms with Crippen LogP contribution in [0.4, 0.5) is 0 Å². The maximum Gasteiger partial charge on any atom is 0.214 e. The topological polar surface area (TPSA) is 49.9 Å². The van der Waals surface area contributed by atoms with Gasteiger partial charge in [0.1, 0.15) is 5.75 Å². The minimum atomic E-state index is -3.05. The molecule has 23 heavy (non-hydrogen) atoms. The maximum absolute atomic E-state index is 12.2. The smallest absolute Gasteiger partial charge is 0.214 e. The highest BCUT2D eigenvalue weighted by Crippen LogP contribution is 2.13. The highest BCUT2D eigenvalue weighted by molar-refractivity contribution is 7.89. The van der Waals surface area contributed by atoms with Gasteiger partial charge >= 0.3 is 0 Å². The van der Waals surface area contributed by atoms with Gasteiger partial charge in [-0.05, 0) is 30.5 Å². The number of nitrogens with zero attached hydrogens (tertiary/aromatic N) is 2. The Morgan fingerprint density at radius 1 is 1.09 bits per heavy atom. The third kappa shape index (κ3) is 5.48. The monoisotopic (exact) mass is 340 g/mol. The Bertz CT molecular complexity index is 564. The number of piperazine rings is 1. The predicted molar refractivity (Wildman–Crippen MR) is 93.4 cm³/mol. The maximum atomic E-state index is 12.2. The van der Waals surface area contributed by atoms with Crippen molar-refractivity contribution >= 4 is 10.0 Å². The van der Waals surface area contributed by atoms with E-state index in [1.807, 2.05) is 19.1 Å². The summed E-state index contributed by atoms with van der Waals surface area (Å²) in [5.74, 6) is 1.16. The molecule has 1 aromatic carbocycles. The average Bonchev–Trinajstić information content (AvgIpc) is 2.59. The van der Waals surface area contributed by atoms with Gasteiger partial charge in [0.2, 0.25) is 10.0 Å². The van der Waals surface area contributed by atoms with Gasteiger partial charge in [-0.15, -0.1) is 0 Å². The van der Waals surface area contributed by atoms with Gasteiger partial charge in [0.15, 0.2) is 0 Å². The van der Waals surface area contributed by atoms with Gasteiger partial charge in [-0.2, -0.15) is 4.31 Å². The van der Waals surface area contributed by atoms with Crippen LogP contribution < -0.4 is 4.74 Å². The van der Waals surface area contributed by atoms with Crippen LogP contribution in [0.2, 0.25) is 0 Å². The van der Waals surface area contributed by atoms with Gasteiger partial charge in [0, 0.05) is 32.7 Å². The zero-order valence-corrected chi connectivity index (χ0v) is 15.0. The first-order valence-electron chi connectivity index (χ1n) is 8.38. The number of methoxy groups -OCH3 is 1. The van der Waals surface area contributed by atoms with Gasteiger partial charge in [-0.1, -0.05) is 25.5 Å². The van der Waals surface area contributed by atoms with Crippen LogP contribution >= 0.6 is 0 Å². The minimum Gasteiger partial charge on any atom is -0.497 e. The largest absolute Gasteiger partial charge is 0.497 e. The molecule has 0 unspecified atom stereocenters. The lowest BCUT2D eigenvalue weighted by Crippen LogP contribution is -2.49. The second kappa shape index (κ2) is 8.66. The molecule has 1 saturated heterocycles. The first kappa shape index (κ1) is 18.2. The molecule has 0 saturated carbocycles. The first-order chi connectivity index (χ1) is 11.0. The molecule has 2 rings (SSSR count). The number of hydrogen-bond acceptors (Lipinski definition) is 4. The molecule has 0 amide bonds. The van der Waals surface area contributed by atoms with E-state index in [9.17, 15) is 8.42 Å². The molecule has 130 valence electrons. The van der Waals surface area contributed by atoms with Crippen molar-refractivity contribution < 1.29 is 13.2 Å². The van der Waals surface area contributed by atoms with E-state index >= 15 is 0 Å². The van der Waals surface area contributed by atoms with Crippen molar-refractivity contribution in [1.82, 2.24) is 9.21 Å². The summed E-state index contributed by atoms with van der Waals surface area (Å²) in [5, 5.41) is 0. The van der Waals surface area contributed by atoms with E-state index in [-0.39, 0.29) is 5.75 Å². The van der Waals surface area contributed by atoms with Crippen LogP contribution in [0.5, 0.6) is 5.75 Å². The fraction of sp³-hybridized carbons (Fsp3) is 0.647. The fourth-order valence-electron chi connectivity index (χ4n) is 2.77. The minimum absolute atomic E-state index is 0.287. The number of sulfonamides is 1. The lowest BCUT2D eigenvalue weighted by molar-refractivity contribution is 0.190. The number of ether oxygens (including phenoxy) is 1. The van der Waals surface area contributed by atoms with Crippen LogP contribution in [0.1, 0.15) is 25.3 Å². The van der Waals surface area contributed by atoms with E-state index in [4.69, 9.17) is 4.74 Å². The summed E-state index contributed by atoms with van der Waals surface area (Å²) in [5.41, 5.74) is 1.28. The summed E-state index contributed by atoms with van der Waals surface area (Å²) in [6.45, 7) is 5.87. The van der Waals surface area contributed by atoms with E-state index in [1.165, 1.54) is 5.56 Å². The quantitative estimate of drug-likeness (QED) is 0.726. The summed E-state index contributed by atoms with van der Waals surface area (Å²) < 4.78 is 31.2. The molecule has 0 bridgehead atoms. The van der Waals surface area contributed by atoms with E-state index in [1.54, 1.807) is 11.4 Å². The number of benzene rings is 1. The zero-order valence-electron chi connectivity index (χ0n) is 14.2. The van der Waals surface area contributed by atoms with Crippen LogP contribution in [0, 0.1) is 0 Å². The molecule has 0 aliphatic carbocycles. The molecule has 1 aliphatic heterocycles. The van der Waals surface area contributed by atoms with Gasteiger partial charge in [0.05, 0.1) is 12.9 Å². The highest BCUT2D eigenvalue weighted by atomic mass is 32.2. The van der Waals surface area contributed by atoms with Crippen LogP contribution in [0.25, 0.3) is 0 Å². The van der Waals surface area contributed by atoms with E-state index in [0.29, 0.717) is 13.1 Å². The highest BCUT2D eigenvalue weighted by Gasteiger charge is 2.25. The summed E-state index contributed by atoms with van der Waals surface area (Å²) in [6.07, 6.45) is 2.65. The normalized spacial score (nSPS) is 17.3. The summed E-state index contributed by atoms with van der Waals surface area (Å²) >= 11 is 0. The zero-order chi connectivity index (χ0) is 16.7. The van der Waals surface area contributed by atoms with Crippen molar-refractivity contribution in [3.63, 3.8) is 0 Å². The molecular formula is C17H28N2O3S. The van der Waals surface area contributed by atoms with Gasteiger partial charge in [-0.25, -0.2) is 8.42 Å². The van der Waals surface area contributed by atoms with Crippen molar-refractivity contribution in [2.24, 2.45) is 0 Å². The van der Waals surface area contributed by atoms with E-state index in [2.05, 4.69) is 17.0 Å². The molecule has 0 spiro atoms. The summed E-state index contributed by atoms with van der Waals surface area (Å²) in [4.78, 5) is 2.34. The van der Waals surface area contributed by atoms with Crippen LogP contribution in [-0.4, -0.2) is 63.2 Å². The van der Waals surface area contributed by atoms with Gasteiger partial charge in [-0.3, -0.25) is 0 Å². The molecule has 1 heterocycles. The molecular weight excluding hydrogens is 312 g/mol. The number of hydrogen-bond donors (Lipinski definition) is 0. The summed E-state index contributed by atoms with van der Waals surface area (Å²) in [6, 6.07) is 8.13. The Morgan fingerprint density at radius 3 is 2.30 bits per heavy atom. The first-order valence-corrected chi connectivity index (χ1v) is 9.99. The third-order valence-electron chi connectivity index (χ3n) is 4.36. The average molecular weight is 340 g/mol. The van der Waals surface area contributed by atoms with Crippen molar-refractivity contribution in [2.45, 2.75) is 26.2 Å². The number of rotatable bonds is 8. The molecule has 0 N–H and O–H groups in total. The number of unbranched alkanes of at least 4 members (excludes halogenated alkanes) is 1. The van der Waals surface area contributed by atoms with Crippen molar-refractivity contribution in [3.8, 4) is 5.75 Å². The Balaban J connectivity index is 1.76. The molecule has 0 radical (unpaired) electrons. The van der Waals surface area contributed by atoms with Crippen molar-refractivity contribution in [3.05, 3.63) is 29.8 Å². The molecule has 0 aromatic heterocycles. The Hall–Kier alpha value is -1.11. The lowest BCUT2D eigenvalue weighted by atomic mass is 10.1. The molecule has 1 fully saturated rings. The Labute approximate surface area is 140 Å². The van der Waals surface area contributed by atoms with Crippen LogP contribution in [0.15, 0.2) is 24.3 Å². The van der Waals surface area contributed by atoms with Gasteiger partial charge in [0.25, 0.3) is 0 Å². The molecule has 5 nitrogen and oxygen atoms in total. The fourth-order valence-corrected chi connectivity index (χ4v) is 4.40. The third-order valence-corrected chi connectivity index (χ3v) is 6.31. The molecule has 6 heteroatoms. The second-order valence-corrected chi connectivity index (χ2v) is 8.10. The Kier molecular flexibility index (Phi) is 6.87. The predicted octanol–water partition coefficient (Wildman–Crippen LogP) is 1.99. The molecule has 1 aliphatic rings. The van der Waals surface area contributed by atoms with E-state index < -0.39 is 10.0 Å². The lowest BCUT2D eigenvalue weighted by Gasteiger charge is -2.34. The van der Waals surface area contributed by atoms with Crippen LogP contribution in [-0.2, 0) is 16.4 Å². The summed E-state index contributed by atoms with van der Waals surface area (Å²) in [7, 11) is -1.38. The molecule has 1 aromatic rings. The van der Waals surface area contributed by atoms with Gasteiger partial charge < -0.3 is 9.64 Å².